The second-order valence-electron chi connectivity index (χ2n) is 5.93. The van der Waals surface area contributed by atoms with Gasteiger partial charge in [-0.1, -0.05) is 53.5 Å². The van der Waals surface area contributed by atoms with Gasteiger partial charge in [0.2, 0.25) is 0 Å². The lowest BCUT2D eigenvalue weighted by molar-refractivity contribution is 0.0950. The van der Waals surface area contributed by atoms with E-state index in [0.29, 0.717) is 10.7 Å². The lowest BCUT2D eigenvalue weighted by atomic mass is 10.2. The molecule has 1 amide bonds. The van der Waals surface area contributed by atoms with Crippen LogP contribution in [0.15, 0.2) is 77.7 Å². The summed E-state index contributed by atoms with van der Waals surface area (Å²) in [5, 5.41) is 3.37. The van der Waals surface area contributed by atoms with Crippen molar-refractivity contribution in [3.05, 3.63) is 94.0 Å². The summed E-state index contributed by atoms with van der Waals surface area (Å²) in [5.74, 6) is -0.414. The second kappa shape index (κ2) is 8.65. The first-order valence-electron chi connectivity index (χ1n) is 8.25. The number of sulfonamides is 1. The smallest absolute Gasteiger partial charge is 0.263 e. The first kappa shape index (κ1) is 20.2. The van der Waals surface area contributed by atoms with E-state index in [2.05, 4.69) is 10.0 Å². The Morgan fingerprint density at radius 1 is 0.893 bits per heavy atom. The molecule has 0 aromatic heterocycles. The van der Waals surface area contributed by atoms with Crippen LogP contribution in [0.2, 0.25) is 10.0 Å². The van der Waals surface area contributed by atoms with Gasteiger partial charge in [-0.05, 0) is 48.0 Å². The predicted molar refractivity (Wildman–Crippen MR) is 111 cm³/mol. The molecule has 0 fully saturated rings. The molecule has 0 aliphatic rings. The van der Waals surface area contributed by atoms with E-state index >= 15 is 0 Å². The topological polar surface area (TPSA) is 75.3 Å². The lowest BCUT2D eigenvalue weighted by Gasteiger charge is -2.11. The molecule has 144 valence electrons. The van der Waals surface area contributed by atoms with Crippen molar-refractivity contribution in [2.45, 2.75) is 11.4 Å². The zero-order valence-electron chi connectivity index (χ0n) is 14.5. The Morgan fingerprint density at radius 2 is 1.57 bits per heavy atom. The van der Waals surface area contributed by atoms with Gasteiger partial charge in [0.25, 0.3) is 15.9 Å². The van der Waals surface area contributed by atoms with Gasteiger partial charge in [-0.2, -0.15) is 0 Å². The number of amides is 1. The molecule has 0 saturated carbocycles. The Labute approximate surface area is 173 Å². The minimum absolute atomic E-state index is 0.0256. The Morgan fingerprint density at radius 3 is 2.25 bits per heavy atom. The van der Waals surface area contributed by atoms with Crippen LogP contribution < -0.4 is 10.0 Å². The first-order chi connectivity index (χ1) is 13.3. The third kappa shape index (κ3) is 5.04. The molecular weight excluding hydrogens is 419 g/mol. The number of para-hydroxylation sites is 1. The Hall–Kier alpha value is -2.54. The quantitative estimate of drug-likeness (QED) is 0.588. The number of hydrogen-bond donors (Lipinski definition) is 2. The number of rotatable bonds is 6. The minimum Gasteiger partial charge on any atom is -0.348 e. The van der Waals surface area contributed by atoms with E-state index < -0.39 is 15.9 Å². The normalized spacial score (nSPS) is 11.1. The summed E-state index contributed by atoms with van der Waals surface area (Å²) in [6.07, 6.45) is 0. The highest BCUT2D eigenvalue weighted by atomic mass is 35.5. The maximum Gasteiger partial charge on any atom is 0.263 e. The molecule has 0 aliphatic carbocycles. The summed E-state index contributed by atoms with van der Waals surface area (Å²) in [4.78, 5) is 12.3. The fourth-order valence-corrected chi connectivity index (χ4v) is 4.16. The van der Waals surface area contributed by atoms with Gasteiger partial charge in [-0.25, -0.2) is 8.42 Å². The van der Waals surface area contributed by atoms with Crippen LogP contribution in [0.1, 0.15) is 15.9 Å². The second-order valence-corrected chi connectivity index (χ2v) is 8.42. The molecule has 0 saturated heterocycles. The number of anilines is 1. The maximum atomic E-state index is 12.7. The molecule has 0 aliphatic heterocycles. The number of nitrogens with one attached hydrogen (secondary N) is 2. The van der Waals surface area contributed by atoms with Gasteiger partial charge in [0.15, 0.2) is 0 Å². The maximum absolute atomic E-state index is 12.7. The Kier molecular flexibility index (Phi) is 6.24. The van der Waals surface area contributed by atoms with Gasteiger partial charge in [-0.15, -0.1) is 0 Å². The highest BCUT2D eigenvalue weighted by molar-refractivity contribution is 7.92. The van der Waals surface area contributed by atoms with E-state index in [9.17, 15) is 13.2 Å². The molecule has 3 rings (SSSR count). The van der Waals surface area contributed by atoms with Crippen molar-refractivity contribution in [1.82, 2.24) is 5.32 Å². The van der Waals surface area contributed by atoms with Crippen molar-refractivity contribution in [2.75, 3.05) is 4.72 Å². The molecule has 0 atom stereocenters. The lowest BCUT2D eigenvalue weighted by Crippen LogP contribution is -2.23. The summed E-state index contributed by atoms with van der Waals surface area (Å²) >= 11 is 11.9. The summed E-state index contributed by atoms with van der Waals surface area (Å²) in [6.45, 7) is 0.281. The van der Waals surface area contributed by atoms with Gasteiger partial charge < -0.3 is 5.32 Å². The molecule has 0 radical (unpaired) electrons. The van der Waals surface area contributed by atoms with Crippen LogP contribution in [-0.2, 0) is 16.6 Å². The molecule has 0 heterocycles. The Balaban J connectivity index is 1.78. The van der Waals surface area contributed by atoms with Crippen LogP contribution in [0.4, 0.5) is 5.69 Å². The van der Waals surface area contributed by atoms with Crippen LogP contribution in [0.5, 0.6) is 0 Å². The van der Waals surface area contributed by atoms with Crippen LogP contribution in [0, 0.1) is 0 Å². The van der Waals surface area contributed by atoms with Gasteiger partial charge in [0.05, 0.1) is 5.02 Å². The monoisotopic (exact) mass is 434 g/mol. The van der Waals surface area contributed by atoms with Crippen LogP contribution in [-0.4, -0.2) is 14.3 Å². The van der Waals surface area contributed by atoms with Crippen LogP contribution in [0.25, 0.3) is 0 Å². The fraction of sp³-hybridized carbons (Fsp3) is 0.0500. The predicted octanol–water partition coefficient (Wildman–Crippen LogP) is 4.72. The van der Waals surface area contributed by atoms with Gasteiger partial charge >= 0.3 is 0 Å². The molecule has 8 heteroatoms. The average Bonchev–Trinajstić information content (AvgIpc) is 2.68. The first-order valence-corrected chi connectivity index (χ1v) is 10.5. The van der Waals surface area contributed by atoms with Crippen LogP contribution in [0.3, 0.4) is 0 Å². The summed E-state index contributed by atoms with van der Waals surface area (Å²) in [7, 11) is -3.95. The molecule has 28 heavy (non-hydrogen) atoms. The van der Waals surface area contributed by atoms with Crippen molar-refractivity contribution < 1.29 is 13.2 Å². The van der Waals surface area contributed by atoms with E-state index in [-0.39, 0.29) is 22.0 Å². The third-order valence-corrected chi connectivity index (χ3v) is 5.99. The zero-order chi connectivity index (χ0) is 20.1. The number of halogens is 2. The molecule has 0 spiro atoms. The summed E-state index contributed by atoms with van der Waals surface area (Å²) in [6, 6.07) is 19.6. The number of benzene rings is 3. The van der Waals surface area contributed by atoms with Crippen molar-refractivity contribution in [1.29, 1.82) is 0 Å². The third-order valence-electron chi connectivity index (χ3n) is 3.88. The number of carbonyl (C=O) groups excluding carboxylic acids is 1. The average molecular weight is 435 g/mol. The van der Waals surface area contributed by atoms with Crippen molar-refractivity contribution in [3.63, 3.8) is 0 Å². The van der Waals surface area contributed by atoms with Gasteiger partial charge in [-0.3, -0.25) is 9.52 Å². The largest absolute Gasteiger partial charge is 0.348 e. The fourth-order valence-electron chi connectivity index (χ4n) is 2.45. The van der Waals surface area contributed by atoms with Crippen molar-refractivity contribution in [2.24, 2.45) is 0 Å². The highest BCUT2D eigenvalue weighted by Gasteiger charge is 2.20. The van der Waals surface area contributed by atoms with E-state index in [4.69, 9.17) is 23.2 Å². The number of hydrogen-bond acceptors (Lipinski definition) is 3. The standard InChI is InChI=1S/C20H16Cl2N2O3S/c21-16-9-6-14(7-10-16)13-23-20(25)15-8-11-18(22)19(12-15)28(26,27)24-17-4-2-1-3-5-17/h1-12,24H,13H2,(H,23,25). The minimum atomic E-state index is -3.95. The van der Waals surface area contributed by atoms with Gasteiger partial charge in [0, 0.05) is 22.8 Å². The van der Waals surface area contributed by atoms with E-state index in [1.54, 1.807) is 54.6 Å². The summed E-state index contributed by atoms with van der Waals surface area (Å²) in [5.41, 5.74) is 1.45. The summed E-state index contributed by atoms with van der Waals surface area (Å²) < 4.78 is 27.8. The zero-order valence-corrected chi connectivity index (χ0v) is 16.9. The molecule has 3 aromatic carbocycles. The van der Waals surface area contributed by atoms with E-state index in [1.165, 1.54) is 18.2 Å². The highest BCUT2D eigenvalue weighted by Crippen LogP contribution is 2.25. The SMILES string of the molecule is O=C(NCc1ccc(Cl)cc1)c1ccc(Cl)c(S(=O)(=O)Nc2ccccc2)c1. The molecular formula is C20H16Cl2N2O3S. The number of carbonyl (C=O) groups is 1. The molecule has 5 nitrogen and oxygen atoms in total. The van der Waals surface area contributed by atoms with Gasteiger partial charge in [0.1, 0.15) is 4.90 Å². The van der Waals surface area contributed by atoms with E-state index in [1.807, 2.05) is 0 Å². The van der Waals surface area contributed by atoms with E-state index in [0.717, 1.165) is 5.56 Å². The van der Waals surface area contributed by atoms with Crippen LogP contribution >= 0.6 is 23.2 Å². The molecule has 0 bridgehead atoms. The molecule has 2 N–H and O–H groups in total. The van der Waals surface area contributed by atoms with Crippen molar-refractivity contribution in [3.8, 4) is 0 Å². The molecule has 0 unspecified atom stereocenters. The molecule has 3 aromatic rings. The van der Waals surface area contributed by atoms with Crippen molar-refractivity contribution >= 4 is 44.8 Å². The Bertz CT molecular complexity index is 1090.